The van der Waals surface area contributed by atoms with E-state index >= 15 is 0 Å². The van der Waals surface area contributed by atoms with Crippen LogP contribution in [-0.2, 0) is 0 Å². The lowest BCUT2D eigenvalue weighted by Crippen LogP contribution is -2.30. The highest BCUT2D eigenvalue weighted by Crippen LogP contribution is 2.44. The van der Waals surface area contributed by atoms with Gasteiger partial charge in [-0.25, -0.2) is 14.6 Å². The summed E-state index contributed by atoms with van der Waals surface area (Å²) in [5, 5.41) is 43.9. The fourth-order valence-corrected chi connectivity index (χ4v) is 5.44. The van der Waals surface area contributed by atoms with E-state index < -0.39 is 24.2 Å². The van der Waals surface area contributed by atoms with Crippen molar-refractivity contribution in [1.29, 1.82) is 0 Å². The summed E-state index contributed by atoms with van der Waals surface area (Å²) in [7, 11) is 0. The van der Waals surface area contributed by atoms with Crippen LogP contribution in [0.25, 0.3) is 11.2 Å². The molecule has 2 saturated carbocycles. The molecule has 0 spiro atoms. The van der Waals surface area contributed by atoms with Gasteiger partial charge >= 0.3 is 0 Å². The largest absolute Gasteiger partial charge is 0.396 e. The van der Waals surface area contributed by atoms with E-state index in [0.29, 0.717) is 34.5 Å². The summed E-state index contributed by atoms with van der Waals surface area (Å²) in [6, 6.07) is 7.59. The Bertz CT molecular complexity index is 1150. The lowest BCUT2D eigenvalue weighted by atomic mass is 10.1. The molecule has 6 atom stereocenters. The summed E-state index contributed by atoms with van der Waals surface area (Å²) in [6.07, 6.45) is 0.264. The van der Waals surface area contributed by atoms with Crippen LogP contribution in [0.15, 0.2) is 29.4 Å². The van der Waals surface area contributed by atoms with E-state index in [0.717, 1.165) is 23.6 Å². The number of hydrogen-bond donors (Lipinski definition) is 4. The first-order chi connectivity index (χ1) is 16.0. The van der Waals surface area contributed by atoms with Crippen molar-refractivity contribution < 1.29 is 15.3 Å². The third-order valence-corrected chi connectivity index (χ3v) is 7.74. The Labute approximate surface area is 200 Å². The van der Waals surface area contributed by atoms with Gasteiger partial charge in [-0.2, -0.15) is 0 Å². The number of thioether (sulfide) groups is 1. The number of rotatable bonds is 8. The molecule has 0 amide bonds. The molecule has 3 aromatic rings. The van der Waals surface area contributed by atoms with Gasteiger partial charge in [0, 0.05) is 35.3 Å². The van der Waals surface area contributed by atoms with Gasteiger partial charge in [-0.3, -0.25) is 0 Å². The Balaban J connectivity index is 1.46. The maximum atomic E-state index is 10.6. The van der Waals surface area contributed by atoms with Crippen LogP contribution in [0.3, 0.4) is 0 Å². The molecule has 2 aliphatic rings. The number of nitrogens with one attached hydrogen (secondary N) is 1. The fraction of sp³-hybridized carbons (Fsp3) is 0.545. The van der Waals surface area contributed by atoms with Gasteiger partial charge in [-0.1, -0.05) is 47.6 Å². The molecule has 0 bridgehead atoms. The Morgan fingerprint density at radius 2 is 2.06 bits per heavy atom. The predicted octanol–water partition coefficient (Wildman–Crippen LogP) is 2.62. The molecule has 2 aromatic heterocycles. The first-order valence-electron chi connectivity index (χ1n) is 11.2. The van der Waals surface area contributed by atoms with Gasteiger partial charge in [-0.05, 0) is 37.0 Å². The number of fused-ring (bicyclic) bond motifs is 1. The van der Waals surface area contributed by atoms with Crippen molar-refractivity contribution >= 4 is 40.3 Å². The maximum Gasteiger partial charge on any atom is 0.191 e. The summed E-state index contributed by atoms with van der Waals surface area (Å²) in [4.78, 5) is 9.40. The smallest absolute Gasteiger partial charge is 0.191 e. The Morgan fingerprint density at radius 3 is 2.79 bits per heavy atom. The van der Waals surface area contributed by atoms with Crippen molar-refractivity contribution in [2.24, 2.45) is 5.92 Å². The molecule has 33 heavy (non-hydrogen) atoms. The van der Waals surface area contributed by atoms with Crippen LogP contribution in [0, 0.1) is 5.92 Å². The molecule has 2 fully saturated rings. The number of halogens is 1. The molecule has 0 saturated heterocycles. The van der Waals surface area contributed by atoms with Crippen LogP contribution in [0.5, 0.6) is 0 Å². The normalized spacial score (nSPS) is 29.0. The SMILES string of the molecule is CCCSc1nc(NC2CC2c2cccc(Cl)c2)c2nnn([C@@H]3C[C@H](CO)[C@@H](O)[C@H]3O)c2n1. The number of anilines is 1. The molecule has 5 rings (SSSR count). The summed E-state index contributed by atoms with van der Waals surface area (Å²) >= 11 is 7.72. The van der Waals surface area contributed by atoms with Crippen LogP contribution >= 0.6 is 23.4 Å². The summed E-state index contributed by atoms with van der Waals surface area (Å²) < 4.78 is 1.57. The zero-order valence-corrected chi connectivity index (χ0v) is 19.7. The van der Waals surface area contributed by atoms with Crippen LogP contribution < -0.4 is 5.32 Å². The molecular formula is C22H27ClN6O3S. The van der Waals surface area contributed by atoms with Gasteiger partial charge in [0.1, 0.15) is 6.10 Å². The molecule has 176 valence electrons. The van der Waals surface area contributed by atoms with Crippen LogP contribution in [0.1, 0.15) is 43.7 Å². The van der Waals surface area contributed by atoms with Crippen LogP contribution in [0.2, 0.25) is 5.02 Å². The van der Waals surface area contributed by atoms with E-state index in [1.165, 1.54) is 5.56 Å². The molecule has 0 radical (unpaired) electrons. The standard InChI is InChI=1S/C22H27ClN6O3S/c1-2-6-33-22-25-20(24-15-9-14(15)11-4-3-5-13(23)7-11)17-21(26-22)29(28-27-17)16-8-12(10-30)18(31)19(16)32/h3-5,7,12,14-16,18-19,30-32H,2,6,8-10H2,1H3,(H,24,25,26)/t12-,14?,15?,16-,18-,19+/m1/s1. The number of aliphatic hydroxyl groups excluding tert-OH is 3. The highest BCUT2D eigenvalue weighted by atomic mass is 35.5. The third kappa shape index (κ3) is 4.42. The minimum atomic E-state index is -1.05. The third-order valence-electron chi connectivity index (χ3n) is 6.45. The van der Waals surface area contributed by atoms with Crippen LogP contribution in [-0.4, -0.2) is 70.9 Å². The van der Waals surface area contributed by atoms with E-state index in [9.17, 15) is 15.3 Å². The van der Waals surface area contributed by atoms with Gasteiger partial charge in [-0.15, -0.1) is 5.10 Å². The van der Waals surface area contributed by atoms with Crippen molar-refractivity contribution in [3.8, 4) is 0 Å². The van der Waals surface area contributed by atoms with Gasteiger partial charge in [0.25, 0.3) is 0 Å². The molecule has 0 aliphatic heterocycles. The monoisotopic (exact) mass is 490 g/mol. The number of nitrogens with zero attached hydrogens (tertiary/aromatic N) is 5. The highest BCUT2D eigenvalue weighted by Gasteiger charge is 2.44. The molecule has 2 heterocycles. The molecule has 4 N–H and O–H groups in total. The van der Waals surface area contributed by atoms with E-state index in [-0.39, 0.29) is 12.6 Å². The topological polar surface area (TPSA) is 129 Å². The van der Waals surface area contributed by atoms with Crippen molar-refractivity contribution in [1.82, 2.24) is 25.0 Å². The summed E-state index contributed by atoms with van der Waals surface area (Å²) in [6.45, 7) is 1.90. The molecular weight excluding hydrogens is 464 g/mol. The quantitative estimate of drug-likeness (QED) is 0.278. The fourth-order valence-electron chi connectivity index (χ4n) is 4.55. The second kappa shape index (κ2) is 9.34. The van der Waals surface area contributed by atoms with E-state index in [2.05, 4.69) is 33.6 Å². The van der Waals surface area contributed by atoms with Crippen molar-refractivity contribution in [2.45, 2.75) is 61.6 Å². The second-order valence-electron chi connectivity index (χ2n) is 8.78. The average Bonchev–Trinajstić information content (AvgIpc) is 3.36. The lowest BCUT2D eigenvalue weighted by Gasteiger charge is -2.17. The minimum Gasteiger partial charge on any atom is -0.396 e. The average molecular weight is 491 g/mol. The minimum absolute atomic E-state index is 0.201. The Morgan fingerprint density at radius 1 is 1.21 bits per heavy atom. The molecule has 1 aromatic carbocycles. The predicted molar refractivity (Wildman–Crippen MR) is 127 cm³/mol. The molecule has 9 nitrogen and oxygen atoms in total. The van der Waals surface area contributed by atoms with Crippen LogP contribution in [0.4, 0.5) is 5.82 Å². The number of hydrogen-bond acceptors (Lipinski definition) is 9. The Kier molecular flexibility index (Phi) is 6.45. The van der Waals surface area contributed by atoms with Crippen molar-refractivity contribution in [3.63, 3.8) is 0 Å². The summed E-state index contributed by atoms with van der Waals surface area (Å²) in [5.41, 5.74) is 2.23. The van der Waals surface area contributed by atoms with E-state index in [4.69, 9.17) is 16.6 Å². The van der Waals surface area contributed by atoms with Crippen molar-refractivity contribution in [2.75, 3.05) is 17.7 Å². The Hall–Kier alpha value is -1.98. The first kappa shape index (κ1) is 22.8. The number of aliphatic hydroxyl groups is 3. The molecule has 11 heteroatoms. The van der Waals surface area contributed by atoms with Gasteiger partial charge in [0.15, 0.2) is 22.1 Å². The zero-order valence-electron chi connectivity index (χ0n) is 18.2. The van der Waals surface area contributed by atoms with Gasteiger partial charge in [0.2, 0.25) is 0 Å². The molecule has 2 aliphatic carbocycles. The summed E-state index contributed by atoms with van der Waals surface area (Å²) in [5.74, 6) is 1.42. The van der Waals surface area contributed by atoms with Gasteiger partial charge in [0.05, 0.1) is 12.1 Å². The van der Waals surface area contributed by atoms with Gasteiger partial charge < -0.3 is 20.6 Å². The number of aromatic nitrogens is 5. The number of benzene rings is 1. The first-order valence-corrected chi connectivity index (χ1v) is 12.6. The van der Waals surface area contributed by atoms with E-state index in [1.807, 2.05) is 18.2 Å². The van der Waals surface area contributed by atoms with E-state index in [1.54, 1.807) is 16.4 Å². The molecule has 2 unspecified atom stereocenters. The highest BCUT2D eigenvalue weighted by molar-refractivity contribution is 7.99. The lowest BCUT2D eigenvalue weighted by molar-refractivity contribution is -0.00512. The zero-order chi connectivity index (χ0) is 23.1. The second-order valence-corrected chi connectivity index (χ2v) is 10.3. The maximum absolute atomic E-state index is 10.6. The van der Waals surface area contributed by atoms with Crippen molar-refractivity contribution in [3.05, 3.63) is 34.9 Å².